The van der Waals surface area contributed by atoms with Crippen molar-refractivity contribution < 1.29 is 4.74 Å². The lowest BCUT2D eigenvalue weighted by Gasteiger charge is -2.39. The third-order valence-corrected chi connectivity index (χ3v) is 3.11. The summed E-state index contributed by atoms with van der Waals surface area (Å²) in [6.07, 6.45) is 1.17. The van der Waals surface area contributed by atoms with Gasteiger partial charge in [0.25, 0.3) is 0 Å². The maximum absolute atomic E-state index is 5.69. The summed E-state index contributed by atoms with van der Waals surface area (Å²) in [5.41, 5.74) is 8.19. The summed E-state index contributed by atoms with van der Waals surface area (Å²) in [5.74, 6) is 6.90. The van der Waals surface area contributed by atoms with Crippen LogP contribution in [0.5, 0.6) is 0 Å². The Kier molecular flexibility index (Phi) is 3.83. The third kappa shape index (κ3) is 2.62. The van der Waals surface area contributed by atoms with E-state index in [4.69, 9.17) is 16.3 Å². The van der Waals surface area contributed by atoms with Crippen LogP contribution in [0.1, 0.15) is 20.3 Å². The quantitative estimate of drug-likeness (QED) is 0.527. The Hall–Kier alpha value is -1.60. The molecule has 0 bridgehead atoms. The molecule has 1 aromatic rings. The topological polar surface area (TPSA) is 102 Å². The van der Waals surface area contributed by atoms with Crippen molar-refractivity contribution in [3.8, 4) is 0 Å². The number of anilines is 3. The fourth-order valence-corrected chi connectivity index (χ4v) is 2.14. The van der Waals surface area contributed by atoms with Crippen molar-refractivity contribution in [3.63, 3.8) is 0 Å². The first-order valence-electron chi connectivity index (χ1n) is 6.13. The molecule has 0 aromatic carbocycles. The number of ether oxygens (including phenoxy) is 1. The molecule has 7 heteroatoms. The number of aromatic nitrogens is 2. The number of hydrogen-bond acceptors (Lipinski definition) is 7. The van der Waals surface area contributed by atoms with Gasteiger partial charge in [-0.15, -0.1) is 0 Å². The molecule has 1 saturated heterocycles. The van der Waals surface area contributed by atoms with Crippen LogP contribution in [0.3, 0.4) is 0 Å². The van der Waals surface area contributed by atoms with Gasteiger partial charge in [0.15, 0.2) is 0 Å². The van der Waals surface area contributed by atoms with Gasteiger partial charge in [-0.2, -0.15) is 9.97 Å². The van der Waals surface area contributed by atoms with Gasteiger partial charge >= 0.3 is 0 Å². The molecule has 0 saturated carbocycles. The largest absolute Gasteiger partial charge is 0.375 e. The van der Waals surface area contributed by atoms with Crippen molar-refractivity contribution in [1.29, 1.82) is 0 Å². The van der Waals surface area contributed by atoms with Gasteiger partial charge < -0.3 is 20.8 Å². The smallest absolute Gasteiger partial charge is 0.223 e. The molecule has 0 spiro atoms. The number of morpholine rings is 1. The number of hydrazine groups is 1. The molecular weight excluding hydrogens is 232 g/mol. The van der Waals surface area contributed by atoms with E-state index in [0.717, 1.165) is 18.8 Å². The van der Waals surface area contributed by atoms with Crippen LogP contribution in [0.15, 0.2) is 6.07 Å². The van der Waals surface area contributed by atoms with Crippen LogP contribution in [-0.2, 0) is 4.74 Å². The van der Waals surface area contributed by atoms with Crippen molar-refractivity contribution >= 4 is 17.6 Å². The van der Waals surface area contributed by atoms with Crippen LogP contribution >= 0.6 is 0 Å². The first-order chi connectivity index (χ1) is 8.63. The van der Waals surface area contributed by atoms with Crippen LogP contribution in [-0.4, -0.2) is 35.3 Å². The average molecular weight is 252 g/mol. The Labute approximate surface area is 106 Å². The molecule has 1 aliphatic heterocycles. The molecule has 2 rings (SSSR count). The second-order valence-corrected chi connectivity index (χ2v) is 4.47. The first kappa shape index (κ1) is 12.8. The monoisotopic (exact) mass is 252 g/mol. The highest BCUT2D eigenvalue weighted by Gasteiger charge is 2.27. The molecule has 0 amide bonds. The van der Waals surface area contributed by atoms with Crippen LogP contribution in [0.2, 0.25) is 0 Å². The molecule has 2 heterocycles. The zero-order valence-electron chi connectivity index (χ0n) is 10.8. The molecule has 2 unspecified atom stereocenters. The van der Waals surface area contributed by atoms with Gasteiger partial charge in [-0.3, -0.25) is 0 Å². The molecule has 7 nitrogen and oxygen atoms in total. The standard InChI is InChI=1S/C11H20N6O/c1-3-8-6-18-7(2)5-17(8)10-4-9(16-13)14-11(12)15-10/h4,7-8H,3,5-6,13H2,1-2H3,(H3,12,14,15,16). The van der Waals surface area contributed by atoms with E-state index in [1.54, 1.807) is 6.07 Å². The van der Waals surface area contributed by atoms with Crippen LogP contribution < -0.4 is 21.9 Å². The van der Waals surface area contributed by atoms with Gasteiger partial charge in [-0.25, -0.2) is 5.84 Å². The maximum Gasteiger partial charge on any atom is 0.223 e. The zero-order chi connectivity index (χ0) is 13.1. The minimum Gasteiger partial charge on any atom is -0.375 e. The Morgan fingerprint density at radius 3 is 3.00 bits per heavy atom. The number of rotatable bonds is 3. The van der Waals surface area contributed by atoms with E-state index >= 15 is 0 Å². The summed E-state index contributed by atoms with van der Waals surface area (Å²) in [5, 5.41) is 0. The van der Waals surface area contributed by atoms with Gasteiger partial charge in [0, 0.05) is 12.6 Å². The van der Waals surface area contributed by atoms with Gasteiger partial charge in [-0.05, 0) is 13.3 Å². The molecule has 100 valence electrons. The lowest BCUT2D eigenvalue weighted by molar-refractivity contribution is 0.0296. The number of nitrogens with zero attached hydrogens (tertiary/aromatic N) is 3. The summed E-state index contributed by atoms with van der Waals surface area (Å²) < 4.78 is 5.66. The summed E-state index contributed by atoms with van der Waals surface area (Å²) in [6, 6.07) is 2.11. The molecule has 1 aromatic heterocycles. The maximum atomic E-state index is 5.69. The van der Waals surface area contributed by atoms with Crippen molar-refractivity contribution in [2.24, 2.45) is 5.84 Å². The number of nitrogen functional groups attached to an aromatic ring is 2. The van der Waals surface area contributed by atoms with Gasteiger partial charge in [0.2, 0.25) is 5.95 Å². The molecule has 0 radical (unpaired) electrons. The van der Waals surface area contributed by atoms with Crippen molar-refractivity contribution in [2.75, 3.05) is 29.2 Å². The van der Waals surface area contributed by atoms with E-state index in [-0.39, 0.29) is 12.1 Å². The van der Waals surface area contributed by atoms with Gasteiger partial charge in [0.05, 0.1) is 18.8 Å². The van der Waals surface area contributed by atoms with E-state index in [9.17, 15) is 0 Å². The number of nitrogens with one attached hydrogen (secondary N) is 1. The number of nitrogens with two attached hydrogens (primary N) is 2. The highest BCUT2D eigenvalue weighted by atomic mass is 16.5. The van der Waals surface area contributed by atoms with Crippen LogP contribution in [0.25, 0.3) is 0 Å². The Balaban J connectivity index is 2.29. The molecule has 18 heavy (non-hydrogen) atoms. The second-order valence-electron chi connectivity index (χ2n) is 4.47. The lowest BCUT2D eigenvalue weighted by Crippen LogP contribution is -2.49. The first-order valence-corrected chi connectivity index (χ1v) is 6.13. The molecule has 1 aliphatic rings. The lowest BCUT2D eigenvalue weighted by atomic mass is 10.1. The summed E-state index contributed by atoms with van der Waals surface area (Å²) >= 11 is 0. The summed E-state index contributed by atoms with van der Waals surface area (Å²) in [6.45, 7) is 5.67. The average Bonchev–Trinajstić information content (AvgIpc) is 2.38. The predicted octanol–water partition coefficient (Wildman–Crippen LogP) is 0.348. The second kappa shape index (κ2) is 5.36. The minimum atomic E-state index is 0.179. The Morgan fingerprint density at radius 2 is 2.33 bits per heavy atom. The Bertz CT molecular complexity index is 413. The van der Waals surface area contributed by atoms with Crippen LogP contribution in [0.4, 0.5) is 17.6 Å². The summed E-state index contributed by atoms with van der Waals surface area (Å²) in [4.78, 5) is 10.5. The SMILES string of the molecule is CCC1COC(C)CN1c1cc(NN)nc(N)n1. The minimum absolute atomic E-state index is 0.179. The van der Waals surface area contributed by atoms with E-state index in [0.29, 0.717) is 18.5 Å². The van der Waals surface area contributed by atoms with Crippen molar-refractivity contribution in [1.82, 2.24) is 9.97 Å². The fraction of sp³-hybridized carbons (Fsp3) is 0.636. The molecule has 1 fully saturated rings. The molecule has 5 N–H and O–H groups in total. The third-order valence-electron chi connectivity index (χ3n) is 3.11. The normalized spacial score (nSPS) is 24.1. The molecule has 2 atom stereocenters. The van der Waals surface area contributed by atoms with Crippen molar-refractivity contribution in [2.45, 2.75) is 32.4 Å². The van der Waals surface area contributed by atoms with Crippen LogP contribution in [0, 0.1) is 0 Å². The van der Waals surface area contributed by atoms with Gasteiger partial charge in [0.1, 0.15) is 11.6 Å². The fourth-order valence-electron chi connectivity index (χ4n) is 2.14. The highest BCUT2D eigenvalue weighted by Crippen LogP contribution is 2.23. The van der Waals surface area contributed by atoms with E-state index < -0.39 is 0 Å². The highest BCUT2D eigenvalue weighted by molar-refractivity contribution is 5.53. The van der Waals surface area contributed by atoms with Gasteiger partial charge in [-0.1, -0.05) is 6.92 Å². The van der Waals surface area contributed by atoms with E-state index in [2.05, 4.69) is 27.2 Å². The zero-order valence-corrected chi connectivity index (χ0v) is 10.8. The van der Waals surface area contributed by atoms with E-state index in [1.807, 2.05) is 6.92 Å². The molecular formula is C11H20N6O. The van der Waals surface area contributed by atoms with E-state index in [1.165, 1.54) is 0 Å². The Morgan fingerprint density at radius 1 is 1.56 bits per heavy atom. The molecule has 0 aliphatic carbocycles. The van der Waals surface area contributed by atoms with Crippen molar-refractivity contribution in [3.05, 3.63) is 6.07 Å². The predicted molar refractivity (Wildman–Crippen MR) is 71.1 cm³/mol. The summed E-state index contributed by atoms with van der Waals surface area (Å²) in [7, 11) is 0. The number of hydrogen-bond donors (Lipinski definition) is 3.